The van der Waals surface area contributed by atoms with Crippen molar-refractivity contribution in [2.45, 2.75) is 13.8 Å². The minimum absolute atomic E-state index is 0.256. The Labute approximate surface area is 160 Å². The number of anilines is 2. The van der Waals surface area contributed by atoms with Gasteiger partial charge in [0.25, 0.3) is 11.8 Å². The van der Waals surface area contributed by atoms with Crippen molar-refractivity contribution in [2.24, 2.45) is 0 Å². The number of hydrogen-bond donors (Lipinski definition) is 2. The molecule has 0 spiro atoms. The van der Waals surface area contributed by atoms with Crippen molar-refractivity contribution >= 4 is 46.1 Å². The van der Waals surface area contributed by atoms with Gasteiger partial charge in [0, 0.05) is 11.3 Å². The van der Waals surface area contributed by atoms with Gasteiger partial charge in [0.1, 0.15) is 0 Å². The van der Waals surface area contributed by atoms with Crippen LogP contribution in [0.25, 0.3) is 0 Å². The lowest BCUT2D eigenvalue weighted by molar-refractivity contribution is 0.101. The summed E-state index contributed by atoms with van der Waals surface area (Å²) < 4.78 is 0. The van der Waals surface area contributed by atoms with Gasteiger partial charge in [-0.3, -0.25) is 9.59 Å². The van der Waals surface area contributed by atoms with Crippen LogP contribution in [0.4, 0.5) is 11.4 Å². The number of halogens is 1. The van der Waals surface area contributed by atoms with Crippen LogP contribution >= 0.6 is 22.9 Å². The van der Waals surface area contributed by atoms with E-state index >= 15 is 0 Å². The van der Waals surface area contributed by atoms with Gasteiger partial charge < -0.3 is 10.6 Å². The van der Waals surface area contributed by atoms with Crippen molar-refractivity contribution in [2.75, 3.05) is 10.6 Å². The fourth-order valence-electron chi connectivity index (χ4n) is 2.38. The van der Waals surface area contributed by atoms with Gasteiger partial charge in [0.05, 0.1) is 15.6 Å². The number of thiophene rings is 1. The molecule has 3 aromatic rings. The first-order valence-corrected chi connectivity index (χ1v) is 9.23. The van der Waals surface area contributed by atoms with Crippen molar-refractivity contribution in [3.05, 3.63) is 80.5 Å². The first kappa shape index (κ1) is 18.2. The van der Waals surface area contributed by atoms with Crippen LogP contribution in [0, 0.1) is 13.8 Å². The molecule has 1 heterocycles. The SMILES string of the molecule is Cc1ccc(NC(=O)c2ccc(Cl)c(NC(=O)c3cccs3)c2)cc1C. The fraction of sp³-hybridized carbons (Fsp3) is 0.100. The van der Waals surface area contributed by atoms with E-state index in [1.165, 1.54) is 11.3 Å². The van der Waals surface area contributed by atoms with Crippen molar-refractivity contribution in [3.8, 4) is 0 Å². The summed E-state index contributed by atoms with van der Waals surface area (Å²) in [6, 6.07) is 14.1. The van der Waals surface area contributed by atoms with E-state index < -0.39 is 0 Å². The molecule has 0 radical (unpaired) electrons. The van der Waals surface area contributed by atoms with Crippen LogP contribution < -0.4 is 10.6 Å². The van der Waals surface area contributed by atoms with E-state index in [9.17, 15) is 9.59 Å². The summed E-state index contributed by atoms with van der Waals surface area (Å²) >= 11 is 7.50. The third-order valence-corrected chi connectivity index (χ3v) is 5.18. The molecule has 0 saturated carbocycles. The Bertz CT molecular complexity index is 968. The Balaban J connectivity index is 1.78. The van der Waals surface area contributed by atoms with Crippen LogP contribution in [-0.4, -0.2) is 11.8 Å². The van der Waals surface area contributed by atoms with Gasteiger partial charge in [-0.25, -0.2) is 0 Å². The Morgan fingerprint density at radius 2 is 1.73 bits per heavy atom. The van der Waals surface area contributed by atoms with E-state index in [-0.39, 0.29) is 11.8 Å². The molecule has 1 aromatic heterocycles. The Morgan fingerprint density at radius 1 is 0.923 bits per heavy atom. The van der Waals surface area contributed by atoms with E-state index in [0.29, 0.717) is 21.2 Å². The number of hydrogen-bond acceptors (Lipinski definition) is 3. The molecule has 0 aliphatic carbocycles. The van der Waals surface area contributed by atoms with Crippen molar-refractivity contribution in [3.63, 3.8) is 0 Å². The second-order valence-electron chi connectivity index (χ2n) is 5.88. The maximum absolute atomic E-state index is 12.5. The molecule has 0 fully saturated rings. The fourth-order valence-corrected chi connectivity index (χ4v) is 3.16. The quantitative estimate of drug-likeness (QED) is 0.621. The van der Waals surface area contributed by atoms with Crippen LogP contribution in [-0.2, 0) is 0 Å². The number of carbonyl (C=O) groups is 2. The summed E-state index contributed by atoms with van der Waals surface area (Å²) in [4.78, 5) is 25.3. The molecule has 0 unspecified atom stereocenters. The lowest BCUT2D eigenvalue weighted by atomic mass is 10.1. The molecule has 0 saturated heterocycles. The van der Waals surface area contributed by atoms with Gasteiger partial charge in [0.15, 0.2) is 0 Å². The van der Waals surface area contributed by atoms with Crippen LogP contribution in [0.2, 0.25) is 5.02 Å². The molecule has 26 heavy (non-hydrogen) atoms. The normalized spacial score (nSPS) is 10.4. The van der Waals surface area contributed by atoms with E-state index in [1.54, 1.807) is 30.3 Å². The van der Waals surface area contributed by atoms with Crippen molar-refractivity contribution in [1.29, 1.82) is 0 Å². The summed E-state index contributed by atoms with van der Waals surface area (Å²) in [5.41, 5.74) is 3.79. The van der Waals surface area contributed by atoms with Crippen molar-refractivity contribution < 1.29 is 9.59 Å². The molecule has 0 bridgehead atoms. The second kappa shape index (κ2) is 7.72. The van der Waals surface area contributed by atoms with E-state index in [4.69, 9.17) is 11.6 Å². The lowest BCUT2D eigenvalue weighted by Gasteiger charge is -2.10. The molecule has 4 nitrogen and oxygen atoms in total. The predicted molar refractivity (Wildman–Crippen MR) is 108 cm³/mol. The highest BCUT2D eigenvalue weighted by Crippen LogP contribution is 2.25. The summed E-state index contributed by atoms with van der Waals surface area (Å²) in [6.07, 6.45) is 0. The summed E-state index contributed by atoms with van der Waals surface area (Å²) in [6.45, 7) is 4.01. The predicted octanol–water partition coefficient (Wildman–Crippen LogP) is 5.52. The monoisotopic (exact) mass is 384 g/mol. The van der Waals surface area contributed by atoms with Gasteiger partial charge in [-0.2, -0.15) is 0 Å². The molecule has 0 atom stereocenters. The van der Waals surface area contributed by atoms with E-state index in [0.717, 1.165) is 16.8 Å². The number of carbonyl (C=O) groups excluding carboxylic acids is 2. The Morgan fingerprint density at radius 3 is 2.42 bits per heavy atom. The summed E-state index contributed by atoms with van der Waals surface area (Å²) in [5, 5.41) is 7.81. The molecule has 2 aromatic carbocycles. The number of aryl methyl sites for hydroxylation is 2. The van der Waals surface area contributed by atoms with Crippen molar-refractivity contribution in [1.82, 2.24) is 0 Å². The zero-order valence-electron chi connectivity index (χ0n) is 14.3. The summed E-state index contributed by atoms with van der Waals surface area (Å²) in [5.74, 6) is -0.523. The molecule has 3 rings (SSSR count). The highest BCUT2D eigenvalue weighted by Gasteiger charge is 2.13. The molecule has 2 amide bonds. The maximum atomic E-state index is 12.5. The van der Waals surface area contributed by atoms with Crippen LogP contribution in [0.15, 0.2) is 53.9 Å². The van der Waals surface area contributed by atoms with Gasteiger partial charge in [-0.15, -0.1) is 11.3 Å². The number of rotatable bonds is 4. The average Bonchev–Trinajstić information content (AvgIpc) is 3.15. The first-order valence-electron chi connectivity index (χ1n) is 7.97. The van der Waals surface area contributed by atoms with Crippen LogP contribution in [0.3, 0.4) is 0 Å². The smallest absolute Gasteiger partial charge is 0.265 e. The zero-order valence-corrected chi connectivity index (χ0v) is 15.9. The molecule has 0 aliphatic rings. The minimum atomic E-state index is -0.267. The third-order valence-electron chi connectivity index (χ3n) is 3.99. The van der Waals surface area contributed by atoms with E-state index in [2.05, 4.69) is 10.6 Å². The first-order chi connectivity index (χ1) is 12.4. The average molecular weight is 385 g/mol. The highest BCUT2D eigenvalue weighted by molar-refractivity contribution is 7.12. The second-order valence-corrected chi connectivity index (χ2v) is 7.23. The van der Waals surface area contributed by atoms with Gasteiger partial charge in [-0.1, -0.05) is 23.7 Å². The number of benzene rings is 2. The highest BCUT2D eigenvalue weighted by atomic mass is 35.5. The molecular weight excluding hydrogens is 368 g/mol. The summed E-state index contributed by atoms with van der Waals surface area (Å²) in [7, 11) is 0. The maximum Gasteiger partial charge on any atom is 0.265 e. The number of amides is 2. The van der Waals surface area contributed by atoms with Crippen LogP contribution in [0.1, 0.15) is 31.2 Å². The minimum Gasteiger partial charge on any atom is -0.322 e. The standard InChI is InChI=1S/C20H17ClN2O2S/c1-12-5-7-15(10-13(12)2)22-19(24)14-6-8-16(21)17(11-14)23-20(25)18-4-3-9-26-18/h3-11H,1-2H3,(H,22,24)(H,23,25). The van der Waals surface area contributed by atoms with Gasteiger partial charge in [-0.05, 0) is 66.8 Å². The topological polar surface area (TPSA) is 58.2 Å². The van der Waals surface area contributed by atoms with E-state index in [1.807, 2.05) is 37.4 Å². The molecule has 2 N–H and O–H groups in total. The molecule has 0 aliphatic heterocycles. The molecule has 6 heteroatoms. The van der Waals surface area contributed by atoms with Gasteiger partial charge >= 0.3 is 0 Å². The Hall–Kier alpha value is -2.63. The zero-order chi connectivity index (χ0) is 18.7. The lowest BCUT2D eigenvalue weighted by Crippen LogP contribution is -2.14. The number of nitrogens with one attached hydrogen (secondary N) is 2. The Kier molecular flexibility index (Phi) is 5.40. The van der Waals surface area contributed by atoms with Gasteiger partial charge in [0.2, 0.25) is 0 Å². The molecule has 132 valence electrons. The molecular formula is C20H17ClN2O2S. The van der Waals surface area contributed by atoms with Crippen LogP contribution in [0.5, 0.6) is 0 Å². The largest absolute Gasteiger partial charge is 0.322 e. The third kappa shape index (κ3) is 4.12.